The molecule has 2 N–H and O–H groups in total. The maximum atomic E-state index is 12.0. The van der Waals surface area contributed by atoms with Crippen molar-refractivity contribution < 1.29 is 33.3 Å². The normalized spacial score (nSPS) is 12.0. The van der Waals surface area contributed by atoms with E-state index in [1.165, 1.54) is 30.5 Å². The first kappa shape index (κ1) is 20.2. The van der Waals surface area contributed by atoms with Crippen molar-refractivity contribution in [3.63, 3.8) is 0 Å². The Hall–Kier alpha value is -4.11. The maximum absolute atomic E-state index is 12.0. The number of aromatic carboxylic acids is 1. The Morgan fingerprint density at radius 2 is 1.48 bits per heavy atom. The first-order valence-corrected chi connectivity index (χ1v) is 9.17. The van der Waals surface area contributed by atoms with E-state index in [9.17, 15) is 19.5 Å². The molecule has 1 unspecified atom stereocenters. The molecule has 2 aromatic heterocycles. The standard InChI is InChI=1S/C22H16O9/c23-12(10-29-13-1-3-15-17(24)5-6-28-19(15)7-13)11-30-14-2-4-16-18(25)9-21(22(26)27)31-20(16)8-14/h1-9,12,23H,10-11H2,(H,26,27). The minimum absolute atomic E-state index is 0.0609. The van der Waals surface area contributed by atoms with Crippen molar-refractivity contribution in [2.75, 3.05) is 13.2 Å². The Morgan fingerprint density at radius 3 is 2.13 bits per heavy atom. The molecule has 0 aliphatic rings. The Kier molecular flexibility index (Phi) is 5.42. The van der Waals surface area contributed by atoms with Gasteiger partial charge in [0.05, 0.1) is 17.0 Å². The minimum atomic E-state index is -1.36. The van der Waals surface area contributed by atoms with Gasteiger partial charge in [-0.25, -0.2) is 4.79 Å². The SMILES string of the molecule is O=C(O)c1cc(=O)c2ccc(OCC(O)COc3ccc4c(=O)ccoc4c3)cc2o1. The minimum Gasteiger partial charge on any atom is -0.491 e. The largest absolute Gasteiger partial charge is 0.491 e. The fourth-order valence-electron chi connectivity index (χ4n) is 2.92. The number of aliphatic hydroxyl groups excluding tert-OH is 1. The van der Waals surface area contributed by atoms with Crippen molar-refractivity contribution in [3.8, 4) is 11.5 Å². The van der Waals surface area contributed by atoms with E-state index in [2.05, 4.69) is 0 Å². The highest BCUT2D eigenvalue weighted by atomic mass is 16.5. The molecular formula is C22H16O9. The van der Waals surface area contributed by atoms with Crippen LogP contribution in [0.5, 0.6) is 11.5 Å². The molecule has 0 saturated heterocycles. The zero-order valence-corrected chi connectivity index (χ0v) is 15.9. The van der Waals surface area contributed by atoms with Crippen molar-refractivity contribution in [2.45, 2.75) is 6.10 Å². The zero-order chi connectivity index (χ0) is 22.0. The number of hydrogen-bond acceptors (Lipinski definition) is 8. The van der Waals surface area contributed by atoms with Crippen LogP contribution in [0.4, 0.5) is 0 Å². The summed E-state index contributed by atoms with van der Waals surface area (Å²) >= 11 is 0. The van der Waals surface area contributed by atoms with Crippen LogP contribution < -0.4 is 20.3 Å². The smallest absolute Gasteiger partial charge is 0.371 e. The van der Waals surface area contributed by atoms with Crippen LogP contribution in [0.25, 0.3) is 21.9 Å². The quantitative estimate of drug-likeness (QED) is 0.458. The summed E-state index contributed by atoms with van der Waals surface area (Å²) in [5, 5.41) is 19.8. The fourth-order valence-corrected chi connectivity index (χ4v) is 2.92. The lowest BCUT2D eigenvalue weighted by molar-refractivity contribution is 0.0626. The average Bonchev–Trinajstić information content (AvgIpc) is 2.76. The third-order valence-electron chi connectivity index (χ3n) is 4.43. The molecule has 1 atom stereocenters. The molecule has 4 aromatic rings. The van der Waals surface area contributed by atoms with E-state index in [-0.39, 0.29) is 35.4 Å². The highest BCUT2D eigenvalue weighted by molar-refractivity contribution is 5.87. The van der Waals surface area contributed by atoms with E-state index >= 15 is 0 Å². The molecule has 0 fully saturated rings. The monoisotopic (exact) mass is 424 g/mol. The number of aliphatic hydroxyl groups is 1. The second-order valence-electron chi connectivity index (χ2n) is 6.66. The Bertz CT molecular complexity index is 1380. The molecule has 0 bridgehead atoms. The van der Waals surface area contributed by atoms with Gasteiger partial charge in [0, 0.05) is 24.3 Å². The third-order valence-corrected chi connectivity index (χ3v) is 4.43. The van der Waals surface area contributed by atoms with E-state index in [1.54, 1.807) is 18.2 Å². The number of benzene rings is 2. The summed E-state index contributed by atoms with van der Waals surface area (Å²) in [6, 6.07) is 11.3. The molecule has 0 radical (unpaired) electrons. The van der Waals surface area contributed by atoms with Gasteiger partial charge in [-0.3, -0.25) is 9.59 Å². The molecular weight excluding hydrogens is 408 g/mol. The van der Waals surface area contributed by atoms with Crippen LogP contribution in [-0.2, 0) is 0 Å². The Labute approximate surface area is 173 Å². The fraction of sp³-hybridized carbons (Fsp3) is 0.136. The summed E-state index contributed by atoms with van der Waals surface area (Å²) < 4.78 is 21.5. The first-order valence-electron chi connectivity index (χ1n) is 9.17. The van der Waals surface area contributed by atoms with E-state index in [4.69, 9.17) is 23.4 Å². The van der Waals surface area contributed by atoms with Crippen molar-refractivity contribution in [2.24, 2.45) is 0 Å². The van der Waals surface area contributed by atoms with Gasteiger partial charge in [-0.15, -0.1) is 0 Å². The molecule has 0 aliphatic heterocycles. The maximum Gasteiger partial charge on any atom is 0.371 e. The van der Waals surface area contributed by atoms with Crippen molar-refractivity contribution in [1.29, 1.82) is 0 Å². The van der Waals surface area contributed by atoms with Crippen molar-refractivity contribution >= 4 is 27.9 Å². The lowest BCUT2D eigenvalue weighted by Gasteiger charge is -2.14. The van der Waals surface area contributed by atoms with Crippen LogP contribution in [0, 0.1) is 0 Å². The van der Waals surface area contributed by atoms with Gasteiger partial charge < -0.3 is 28.5 Å². The molecule has 9 heteroatoms. The Balaban J connectivity index is 1.40. The lowest BCUT2D eigenvalue weighted by atomic mass is 10.2. The van der Waals surface area contributed by atoms with Gasteiger partial charge in [0.2, 0.25) is 5.76 Å². The highest BCUT2D eigenvalue weighted by Crippen LogP contribution is 2.21. The predicted octanol–water partition coefficient (Wildman–Crippen LogP) is 2.42. The number of ether oxygens (including phenoxy) is 2. The van der Waals surface area contributed by atoms with Gasteiger partial charge in [-0.1, -0.05) is 0 Å². The van der Waals surface area contributed by atoms with E-state index in [0.29, 0.717) is 16.7 Å². The molecule has 0 saturated carbocycles. The van der Waals surface area contributed by atoms with Crippen LogP contribution in [0.3, 0.4) is 0 Å². The summed E-state index contributed by atoms with van der Waals surface area (Å²) in [6.07, 6.45) is 0.300. The Morgan fingerprint density at radius 1 is 0.871 bits per heavy atom. The van der Waals surface area contributed by atoms with Gasteiger partial charge in [0.15, 0.2) is 10.9 Å². The average molecular weight is 424 g/mol. The summed E-state index contributed by atoms with van der Waals surface area (Å²) in [6.45, 7) is -0.217. The van der Waals surface area contributed by atoms with Crippen LogP contribution in [0.1, 0.15) is 10.6 Å². The highest BCUT2D eigenvalue weighted by Gasteiger charge is 2.13. The van der Waals surface area contributed by atoms with Gasteiger partial charge in [-0.05, 0) is 24.3 Å². The second kappa shape index (κ2) is 8.33. The third kappa shape index (κ3) is 4.41. The molecule has 4 rings (SSSR count). The van der Waals surface area contributed by atoms with Crippen LogP contribution in [-0.4, -0.2) is 35.5 Å². The van der Waals surface area contributed by atoms with Crippen molar-refractivity contribution in [1.82, 2.24) is 0 Å². The van der Waals surface area contributed by atoms with E-state index in [1.807, 2.05) is 0 Å². The van der Waals surface area contributed by atoms with Gasteiger partial charge >= 0.3 is 5.97 Å². The topological polar surface area (TPSA) is 136 Å². The molecule has 2 aromatic carbocycles. The number of carbonyl (C=O) groups is 1. The number of carboxylic acids is 1. The summed E-state index contributed by atoms with van der Waals surface area (Å²) in [5.41, 5.74) is -0.215. The van der Waals surface area contributed by atoms with Crippen LogP contribution in [0.15, 0.2) is 73.2 Å². The van der Waals surface area contributed by atoms with E-state index in [0.717, 1.165) is 6.07 Å². The van der Waals surface area contributed by atoms with Gasteiger partial charge in [0.1, 0.15) is 42.0 Å². The second-order valence-corrected chi connectivity index (χ2v) is 6.66. The molecule has 2 heterocycles. The summed E-state index contributed by atoms with van der Waals surface area (Å²) in [5.74, 6) is -1.14. The van der Waals surface area contributed by atoms with Gasteiger partial charge in [-0.2, -0.15) is 0 Å². The van der Waals surface area contributed by atoms with Crippen LogP contribution in [0.2, 0.25) is 0 Å². The lowest BCUT2D eigenvalue weighted by Crippen LogP contribution is -2.25. The predicted molar refractivity (Wildman–Crippen MR) is 109 cm³/mol. The molecule has 0 amide bonds. The van der Waals surface area contributed by atoms with Crippen LogP contribution >= 0.6 is 0 Å². The number of fused-ring (bicyclic) bond motifs is 2. The van der Waals surface area contributed by atoms with Crippen molar-refractivity contribution in [3.05, 3.63) is 81.0 Å². The molecule has 158 valence electrons. The number of hydrogen-bond donors (Lipinski definition) is 2. The number of carboxylic acid groups (broad SMARTS) is 1. The molecule has 9 nitrogen and oxygen atoms in total. The molecule has 0 aliphatic carbocycles. The van der Waals surface area contributed by atoms with E-state index < -0.39 is 23.3 Å². The number of rotatable bonds is 7. The zero-order valence-electron chi connectivity index (χ0n) is 15.9. The summed E-state index contributed by atoms with van der Waals surface area (Å²) in [4.78, 5) is 34.7. The summed E-state index contributed by atoms with van der Waals surface area (Å²) in [7, 11) is 0. The molecule has 31 heavy (non-hydrogen) atoms. The first-order chi connectivity index (χ1) is 14.9. The van der Waals surface area contributed by atoms with Gasteiger partial charge in [0.25, 0.3) is 0 Å². The molecule has 0 spiro atoms.